The smallest absolute Gasteiger partial charge is 0.328 e. The normalized spacial score (nSPS) is 10.8. The van der Waals surface area contributed by atoms with E-state index in [2.05, 4.69) is 9.98 Å². The van der Waals surface area contributed by atoms with Crippen molar-refractivity contribution in [2.24, 2.45) is 16.5 Å². The molecule has 0 radical (unpaired) electrons. The van der Waals surface area contributed by atoms with E-state index in [1.165, 1.54) is 6.08 Å². The van der Waals surface area contributed by atoms with Gasteiger partial charge in [0.25, 0.3) is 0 Å². The molecule has 2 aromatic carbocycles. The minimum absolute atomic E-state index is 0.0264. The molecule has 0 saturated carbocycles. The number of rotatable bonds is 5. The fourth-order valence-corrected chi connectivity index (χ4v) is 2.37. The van der Waals surface area contributed by atoms with Crippen LogP contribution in [0.25, 0.3) is 28.8 Å². The summed E-state index contributed by atoms with van der Waals surface area (Å²) >= 11 is 0. The highest BCUT2D eigenvalue weighted by molar-refractivity contribution is 5.85. The number of hydrogen-bond acceptors (Lipinski definition) is 4. The summed E-state index contributed by atoms with van der Waals surface area (Å²) in [5, 5.41) is 8.73. The number of carboxylic acid groups (broad SMARTS) is 1. The quantitative estimate of drug-likeness (QED) is 0.369. The molecule has 5 N–H and O–H groups in total. The minimum atomic E-state index is -1.00. The predicted molar refractivity (Wildman–Crippen MR) is 99.5 cm³/mol. The van der Waals surface area contributed by atoms with Crippen molar-refractivity contribution >= 4 is 23.7 Å². The monoisotopic (exact) mass is 348 g/mol. The van der Waals surface area contributed by atoms with Crippen LogP contribution in [0.4, 0.5) is 5.69 Å². The molecule has 0 unspecified atom stereocenters. The summed E-state index contributed by atoms with van der Waals surface area (Å²) in [6, 6.07) is 14.5. The SMILES string of the molecule is NC(N)=Nc1cccc(-c2nc(-c3cccc(/C=C/C(=O)O)c3)co2)c1. The molecule has 0 aliphatic carbocycles. The van der Waals surface area contributed by atoms with E-state index in [1.54, 1.807) is 24.5 Å². The first kappa shape index (κ1) is 17.0. The van der Waals surface area contributed by atoms with Gasteiger partial charge in [0, 0.05) is 17.2 Å². The molecule has 26 heavy (non-hydrogen) atoms. The Kier molecular flexibility index (Phi) is 4.80. The van der Waals surface area contributed by atoms with Crippen molar-refractivity contribution in [2.45, 2.75) is 0 Å². The van der Waals surface area contributed by atoms with E-state index in [1.807, 2.05) is 30.3 Å². The number of oxazole rings is 1. The van der Waals surface area contributed by atoms with Crippen LogP contribution in [0.2, 0.25) is 0 Å². The minimum Gasteiger partial charge on any atom is -0.478 e. The third-order valence-electron chi connectivity index (χ3n) is 3.46. The Morgan fingerprint density at radius 1 is 1.12 bits per heavy atom. The summed E-state index contributed by atoms with van der Waals surface area (Å²) in [4.78, 5) is 19.1. The lowest BCUT2D eigenvalue weighted by Gasteiger charge is -1.99. The lowest BCUT2D eigenvalue weighted by Crippen LogP contribution is -2.21. The maximum Gasteiger partial charge on any atom is 0.328 e. The zero-order valence-corrected chi connectivity index (χ0v) is 13.7. The molecule has 0 fully saturated rings. The third-order valence-corrected chi connectivity index (χ3v) is 3.46. The highest BCUT2D eigenvalue weighted by Crippen LogP contribution is 2.27. The van der Waals surface area contributed by atoms with Crippen LogP contribution in [0.1, 0.15) is 5.56 Å². The van der Waals surface area contributed by atoms with Gasteiger partial charge in [-0.15, -0.1) is 0 Å². The maximum atomic E-state index is 10.6. The van der Waals surface area contributed by atoms with Crippen molar-refractivity contribution in [2.75, 3.05) is 0 Å². The van der Waals surface area contributed by atoms with Crippen LogP contribution in [-0.4, -0.2) is 22.0 Å². The maximum absolute atomic E-state index is 10.6. The van der Waals surface area contributed by atoms with Gasteiger partial charge in [0.1, 0.15) is 12.0 Å². The Labute approximate surface area is 149 Å². The number of benzene rings is 2. The molecule has 0 aliphatic heterocycles. The molecule has 130 valence electrons. The highest BCUT2D eigenvalue weighted by Gasteiger charge is 2.09. The van der Waals surface area contributed by atoms with Gasteiger partial charge < -0.3 is 21.0 Å². The van der Waals surface area contributed by atoms with E-state index in [0.29, 0.717) is 17.3 Å². The van der Waals surface area contributed by atoms with Crippen molar-refractivity contribution < 1.29 is 14.3 Å². The van der Waals surface area contributed by atoms with Gasteiger partial charge >= 0.3 is 5.97 Å². The molecular weight excluding hydrogens is 332 g/mol. The van der Waals surface area contributed by atoms with Crippen LogP contribution >= 0.6 is 0 Å². The number of nitrogens with two attached hydrogens (primary N) is 2. The lowest BCUT2D eigenvalue weighted by molar-refractivity contribution is -0.131. The van der Waals surface area contributed by atoms with E-state index in [-0.39, 0.29) is 5.96 Å². The number of hydrogen-bond donors (Lipinski definition) is 3. The molecular formula is C19H16N4O3. The largest absolute Gasteiger partial charge is 0.478 e. The molecule has 0 spiro atoms. The van der Waals surface area contributed by atoms with Gasteiger partial charge in [0.2, 0.25) is 5.89 Å². The average molecular weight is 348 g/mol. The number of nitrogens with zero attached hydrogens (tertiary/aromatic N) is 2. The van der Waals surface area contributed by atoms with Gasteiger partial charge in [-0.3, -0.25) is 0 Å². The molecule has 0 saturated heterocycles. The molecule has 7 nitrogen and oxygen atoms in total. The van der Waals surface area contributed by atoms with Crippen LogP contribution in [0.5, 0.6) is 0 Å². The number of carbonyl (C=O) groups is 1. The van der Waals surface area contributed by atoms with Crippen LogP contribution in [0.3, 0.4) is 0 Å². The van der Waals surface area contributed by atoms with Crippen LogP contribution in [0, 0.1) is 0 Å². The van der Waals surface area contributed by atoms with Gasteiger partial charge in [-0.25, -0.2) is 14.8 Å². The van der Waals surface area contributed by atoms with Gasteiger partial charge in [0.05, 0.1) is 5.69 Å². The third kappa shape index (κ3) is 4.15. The lowest BCUT2D eigenvalue weighted by atomic mass is 10.1. The Morgan fingerprint density at radius 3 is 2.65 bits per heavy atom. The first-order chi connectivity index (χ1) is 12.5. The van der Waals surface area contributed by atoms with Gasteiger partial charge in [-0.1, -0.05) is 24.3 Å². The molecule has 1 heterocycles. The molecule has 0 aliphatic rings. The molecule has 3 aromatic rings. The molecule has 7 heteroatoms. The second kappa shape index (κ2) is 7.35. The number of guanidine groups is 1. The summed E-state index contributed by atoms with van der Waals surface area (Å²) < 4.78 is 5.57. The summed E-state index contributed by atoms with van der Waals surface area (Å²) in [5.41, 5.74) is 14.3. The molecule has 3 rings (SSSR count). The molecule has 1 aromatic heterocycles. The van der Waals surface area contributed by atoms with Crippen LogP contribution < -0.4 is 11.5 Å². The standard InChI is InChI=1S/C19H16N4O3/c20-19(21)22-15-6-2-5-14(10-15)18-23-16(11-26-18)13-4-1-3-12(9-13)7-8-17(24)25/h1-11H,(H,24,25)(H4,20,21,22)/b8-7+. The van der Waals surface area contributed by atoms with Gasteiger partial charge in [0.15, 0.2) is 5.96 Å². The van der Waals surface area contributed by atoms with Crippen molar-refractivity contribution in [1.82, 2.24) is 4.98 Å². The van der Waals surface area contributed by atoms with Crippen molar-refractivity contribution in [3.63, 3.8) is 0 Å². The fraction of sp³-hybridized carbons (Fsp3) is 0. The predicted octanol–water partition coefficient (Wildman–Crippen LogP) is 3.01. The number of carboxylic acids is 1. The van der Waals surface area contributed by atoms with Crippen molar-refractivity contribution in [3.05, 3.63) is 66.4 Å². The van der Waals surface area contributed by atoms with E-state index < -0.39 is 5.97 Å². The first-order valence-corrected chi connectivity index (χ1v) is 7.68. The Morgan fingerprint density at radius 2 is 1.88 bits per heavy atom. The Hall–Kier alpha value is -3.87. The molecule has 0 amide bonds. The van der Waals surface area contributed by atoms with Crippen molar-refractivity contribution in [1.29, 1.82) is 0 Å². The summed E-state index contributed by atoms with van der Waals surface area (Å²) in [6.45, 7) is 0. The van der Waals surface area contributed by atoms with E-state index in [9.17, 15) is 4.79 Å². The van der Waals surface area contributed by atoms with E-state index in [0.717, 1.165) is 22.8 Å². The summed E-state index contributed by atoms with van der Waals surface area (Å²) in [7, 11) is 0. The number of aromatic nitrogens is 1. The zero-order chi connectivity index (χ0) is 18.5. The highest BCUT2D eigenvalue weighted by atomic mass is 16.4. The average Bonchev–Trinajstić information content (AvgIpc) is 3.10. The first-order valence-electron chi connectivity index (χ1n) is 7.68. The van der Waals surface area contributed by atoms with Crippen LogP contribution in [0.15, 0.2) is 70.3 Å². The van der Waals surface area contributed by atoms with Gasteiger partial charge in [-0.2, -0.15) is 0 Å². The van der Waals surface area contributed by atoms with E-state index >= 15 is 0 Å². The summed E-state index contributed by atoms with van der Waals surface area (Å²) in [6.07, 6.45) is 4.15. The van der Waals surface area contributed by atoms with Crippen LogP contribution in [-0.2, 0) is 4.79 Å². The Bertz CT molecular complexity index is 1000. The topological polar surface area (TPSA) is 128 Å². The Balaban J connectivity index is 1.90. The second-order valence-electron chi connectivity index (χ2n) is 5.42. The zero-order valence-electron chi connectivity index (χ0n) is 13.7. The van der Waals surface area contributed by atoms with E-state index in [4.69, 9.17) is 21.0 Å². The summed E-state index contributed by atoms with van der Waals surface area (Å²) in [5.74, 6) is -0.597. The van der Waals surface area contributed by atoms with Gasteiger partial charge in [-0.05, 0) is 35.9 Å². The molecule has 0 atom stereocenters. The number of aliphatic imine (C=N–C) groups is 1. The number of aliphatic carboxylic acids is 1. The second-order valence-corrected chi connectivity index (χ2v) is 5.42. The van der Waals surface area contributed by atoms with Crippen molar-refractivity contribution in [3.8, 4) is 22.7 Å². The fourth-order valence-electron chi connectivity index (χ4n) is 2.37. The molecule has 0 bridgehead atoms.